The van der Waals surface area contributed by atoms with Crippen LogP contribution in [0.3, 0.4) is 0 Å². The van der Waals surface area contributed by atoms with Crippen molar-refractivity contribution >= 4 is 29.9 Å². The Labute approximate surface area is 173 Å². The maximum atomic E-state index is 4.74. The molecule has 2 rings (SSSR count). The molecule has 26 heavy (non-hydrogen) atoms. The van der Waals surface area contributed by atoms with E-state index in [1.54, 1.807) is 6.33 Å². The highest BCUT2D eigenvalue weighted by Crippen LogP contribution is 2.08. The molecule has 0 aliphatic rings. The van der Waals surface area contributed by atoms with Crippen LogP contribution in [0.5, 0.6) is 0 Å². The van der Waals surface area contributed by atoms with Crippen LogP contribution in [-0.4, -0.2) is 33.8 Å². The number of aromatic nitrogens is 3. The molecule has 1 heterocycles. The number of aliphatic imine (C=N–C) groups is 1. The van der Waals surface area contributed by atoms with E-state index in [-0.39, 0.29) is 24.0 Å². The van der Waals surface area contributed by atoms with Gasteiger partial charge >= 0.3 is 0 Å². The Kier molecular flexibility index (Phi) is 10.2. The van der Waals surface area contributed by atoms with Crippen molar-refractivity contribution in [1.82, 2.24) is 25.4 Å². The summed E-state index contributed by atoms with van der Waals surface area (Å²) < 4.78 is 2.08. The molecule has 0 radical (unpaired) electrons. The maximum Gasteiger partial charge on any atom is 0.191 e. The van der Waals surface area contributed by atoms with Crippen LogP contribution in [0.15, 0.2) is 35.6 Å². The molecule has 0 fully saturated rings. The number of guanidine groups is 1. The molecule has 0 atom stereocenters. The van der Waals surface area contributed by atoms with Gasteiger partial charge in [-0.25, -0.2) is 4.99 Å². The van der Waals surface area contributed by atoms with E-state index in [0.717, 1.165) is 37.8 Å². The largest absolute Gasteiger partial charge is 0.356 e. The minimum Gasteiger partial charge on any atom is -0.356 e. The van der Waals surface area contributed by atoms with Crippen molar-refractivity contribution in [3.05, 3.63) is 47.5 Å². The summed E-state index contributed by atoms with van der Waals surface area (Å²) in [6.07, 6.45) is 2.67. The second kappa shape index (κ2) is 11.9. The van der Waals surface area contributed by atoms with Crippen LogP contribution in [0.2, 0.25) is 0 Å². The fourth-order valence-electron chi connectivity index (χ4n) is 2.46. The van der Waals surface area contributed by atoms with E-state index in [4.69, 9.17) is 4.99 Å². The molecule has 7 heteroatoms. The Bertz CT molecular complexity index is 680. The molecule has 2 aromatic rings. The normalized spacial score (nSPS) is 11.3. The van der Waals surface area contributed by atoms with Gasteiger partial charge in [0.15, 0.2) is 5.96 Å². The van der Waals surface area contributed by atoms with Crippen molar-refractivity contribution in [2.45, 2.75) is 47.2 Å². The van der Waals surface area contributed by atoms with Crippen molar-refractivity contribution in [3.63, 3.8) is 0 Å². The second-order valence-corrected chi connectivity index (χ2v) is 6.59. The number of hydrogen-bond donors (Lipinski definition) is 2. The van der Waals surface area contributed by atoms with Gasteiger partial charge in [0.05, 0.1) is 6.54 Å². The van der Waals surface area contributed by atoms with E-state index in [9.17, 15) is 0 Å². The highest BCUT2D eigenvalue weighted by atomic mass is 127. The van der Waals surface area contributed by atoms with Crippen LogP contribution in [-0.2, 0) is 19.5 Å². The molecule has 1 aromatic carbocycles. The lowest BCUT2D eigenvalue weighted by atomic mass is 10.1. The zero-order chi connectivity index (χ0) is 18.1. The zero-order valence-electron chi connectivity index (χ0n) is 16.2. The van der Waals surface area contributed by atoms with E-state index in [2.05, 4.69) is 77.4 Å². The maximum absolute atomic E-state index is 4.74. The Morgan fingerprint density at radius 3 is 2.69 bits per heavy atom. The summed E-state index contributed by atoms with van der Waals surface area (Å²) in [5.74, 6) is 2.42. The number of nitrogens with zero attached hydrogens (tertiary/aromatic N) is 4. The van der Waals surface area contributed by atoms with Crippen LogP contribution < -0.4 is 10.6 Å². The standard InChI is InChI=1S/C19H30N6.HI/c1-5-18-24-23-14-25(18)11-10-20-19(21-12-15(2)3)22-13-17-9-7-6-8-16(17)4;/h6-9,14-15H,5,10-13H2,1-4H3,(H2,20,21,22);1H. The topological polar surface area (TPSA) is 67.1 Å². The van der Waals surface area contributed by atoms with E-state index < -0.39 is 0 Å². The zero-order valence-corrected chi connectivity index (χ0v) is 18.5. The molecule has 0 bridgehead atoms. The number of aryl methyl sites for hydroxylation is 2. The van der Waals surface area contributed by atoms with Crippen LogP contribution >= 0.6 is 24.0 Å². The minimum atomic E-state index is 0. The summed E-state index contributed by atoms with van der Waals surface area (Å²) >= 11 is 0. The first-order valence-electron chi connectivity index (χ1n) is 9.03. The minimum absolute atomic E-state index is 0. The molecule has 2 N–H and O–H groups in total. The molecule has 144 valence electrons. The SMILES string of the molecule is CCc1nncn1CCNC(=NCc1ccccc1C)NCC(C)C.I. The van der Waals surface area contributed by atoms with Crippen LogP contribution in [0, 0.1) is 12.8 Å². The first-order valence-corrected chi connectivity index (χ1v) is 9.03. The number of nitrogens with one attached hydrogen (secondary N) is 2. The molecular weight excluding hydrogens is 439 g/mol. The summed E-state index contributed by atoms with van der Waals surface area (Å²) in [6.45, 7) is 11.8. The first-order chi connectivity index (χ1) is 12.1. The lowest BCUT2D eigenvalue weighted by molar-refractivity contribution is 0.599. The number of benzene rings is 1. The van der Waals surface area contributed by atoms with Gasteiger partial charge in [0, 0.05) is 26.1 Å². The quantitative estimate of drug-likeness (QED) is 0.354. The molecule has 0 spiro atoms. The van der Waals surface area contributed by atoms with Gasteiger partial charge in [0.1, 0.15) is 12.2 Å². The van der Waals surface area contributed by atoms with Crippen LogP contribution in [0.1, 0.15) is 37.7 Å². The molecule has 0 aliphatic heterocycles. The molecular formula is C19H31IN6. The summed E-state index contributed by atoms with van der Waals surface area (Å²) in [6, 6.07) is 8.37. The highest BCUT2D eigenvalue weighted by Gasteiger charge is 2.04. The average Bonchev–Trinajstić information content (AvgIpc) is 3.05. The average molecular weight is 470 g/mol. The van der Waals surface area contributed by atoms with Crippen molar-refractivity contribution in [3.8, 4) is 0 Å². The van der Waals surface area contributed by atoms with Gasteiger partial charge in [0.25, 0.3) is 0 Å². The Morgan fingerprint density at radius 1 is 1.23 bits per heavy atom. The first kappa shape index (κ1) is 22.4. The lowest BCUT2D eigenvalue weighted by Gasteiger charge is -2.15. The molecule has 0 aliphatic carbocycles. The van der Waals surface area contributed by atoms with E-state index in [1.165, 1.54) is 11.1 Å². The molecule has 0 unspecified atom stereocenters. The van der Waals surface area contributed by atoms with Crippen molar-refractivity contribution < 1.29 is 0 Å². The monoisotopic (exact) mass is 470 g/mol. The van der Waals surface area contributed by atoms with E-state index in [1.807, 2.05) is 0 Å². The smallest absolute Gasteiger partial charge is 0.191 e. The van der Waals surface area contributed by atoms with Gasteiger partial charge < -0.3 is 15.2 Å². The van der Waals surface area contributed by atoms with Gasteiger partial charge in [-0.15, -0.1) is 34.2 Å². The van der Waals surface area contributed by atoms with Gasteiger partial charge in [-0.2, -0.15) is 0 Å². The third-order valence-electron chi connectivity index (χ3n) is 4.00. The van der Waals surface area contributed by atoms with Gasteiger partial charge in [-0.05, 0) is 24.0 Å². The molecule has 6 nitrogen and oxygen atoms in total. The predicted octanol–water partition coefficient (Wildman–Crippen LogP) is 3.16. The van der Waals surface area contributed by atoms with Crippen molar-refractivity contribution in [2.24, 2.45) is 10.9 Å². The molecule has 0 saturated heterocycles. The Balaban J connectivity index is 0.00000338. The summed E-state index contributed by atoms with van der Waals surface area (Å²) in [4.78, 5) is 4.74. The second-order valence-electron chi connectivity index (χ2n) is 6.59. The highest BCUT2D eigenvalue weighted by molar-refractivity contribution is 14.0. The van der Waals surface area contributed by atoms with Gasteiger partial charge in [0.2, 0.25) is 0 Å². The van der Waals surface area contributed by atoms with Gasteiger partial charge in [-0.1, -0.05) is 45.0 Å². The number of hydrogen-bond acceptors (Lipinski definition) is 3. The fraction of sp³-hybridized carbons (Fsp3) is 0.526. The predicted molar refractivity (Wildman–Crippen MR) is 118 cm³/mol. The van der Waals surface area contributed by atoms with Crippen LogP contribution in [0.25, 0.3) is 0 Å². The van der Waals surface area contributed by atoms with Crippen molar-refractivity contribution in [1.29, 1.82) is 0 Å². The Hall–Kier alpha value is -1.64. The van der Waals surface area contributed by atoms with E-state index in [0.29, 0.717) is 12.5 Å². The third-order valence-corrected chi connectivity index (χ3v) is 4.00. The van der Waals surface area contributed by atoms with E-state index >= 15 is 0 Å². The fourth-order valence-corrected chi connectivity index (χ4v) is 2.46. The third kappa shape index (κ3) is 7.31. The summed E-state index contributed by atoms with van der Waals surface area (Å²) in [5, 5.41) is 14.9. The summed E-state index contributed by atoms with van der Waals surface area (Å²) in [7, 11) is 0. The number of rotatable bonds is 8. The summed E-state index contributed by atoms with van der Waals surface area (Å²) in [5.41, 5.74) is 2.52. The molecule has 0 saturated carbocycles. The van der Waals surface area contributed by atoms with Crippen LogP contribution in [0.4, 0.5) is 0 Å². The molecule has 0 amide bonds. The Morgan fingerprint density at radius 2 is 2.00 bits per heavy atom. The van der Waals surface area contributed by atoms with Gasteiger partial charge in [-0.3, -0.25) is 0 Å². The molecule has 1 aromatic heterocycles. The number of halogens is 1. The van der Waals surface area contributed by atoms with Crippen molar-refractivity contribution in [2.75, 3.05) is 13.1 Å². The lowest BCUT2D eigenvalue weighted by Crippen LogP contribution is -2.40.